The van der Waals surface area contributed by atoms with Gasteiger partial charge in [0.1, 0.15) is 17.8 Å². The number of benzene rings is 2. The van der Waals surface area contributed by atoms with E-state index in [0.29, 0.717) is 11.3 Å². The Morgan fingerprint density at radius 3 is 2.48 bits per heavy atom. The molecule has 0 spiro atoms. The molecule has 2 aromatic carbocycles. The number of halogens is 1. The van der Waals surface area contributed by atoms with Crippen LogP contribution in [0.5, 0.6) is 5.75 Å². The number of Topliss-reactive ketones (excluding diaryl/α,β-unsaturated/α-hetero) is 1. The largest absolute Gasteiger partial charge is 0.497 e. The molecule has 4 rings (SSSR count). The lowest BCUT2D eigenvalue weighted by atomic mass is 9.84. The zero-order valence-corrected chi connectivity index (χ0v) is 17.1. The van der Waals surface area contributed by atoms with Crippen molar-refractivity contribution < 1.29 is 14.5 Å². The maximum atomic E-state index is 13.5. The van der Waals surface area contributed by atoms with E-state index in [2.05, 4.69) is 21.0 Å². The van der Waals surface area contributed by atoms with Crippen molar-refractivity contribution in [2.24, 2.45) is 5.10 Å². The number of ether oxygens (including phenoxy) is 1. The summed E-state index contributed by atoms with van der Waals surface area (Å²) in [6, 6.07) is 11.7. The van der Waals surface area contributed by atoms with Crippen molar-refractivity contribution in [2.45, 2.75) is 24.0 Å². The molecule has 0 amide bonds. The average Bonchev–Trinajstić information content (AvgIpc) is 3.09. The van der Waals surface area contributed by atoms with Crippen molar-refractivity contribution in [2.75, 3.05) is 7.11 Å². The summed E-state index contributed by atoms with van der Waals surface area (Å²) in [6.07, 6.45) is 5.00. The summed E-state index contributed by atoms with van der Waals surface area (Å²) < 4.78 is 6.03. The first-order chi connectivity index (χ1) is 14.0. The maximum Gasteiger partial charge on any atom is 0.247 e. The molecule has 7 nitrogen and oxygen atoms in total. The van der Waals surface area contributed by atoms with Gasteiger partial charge in [-0.25, -0.2) is 0 Å². The van der Waals surface area contributed by atoms with Crippen LogP contribution >= 0.6 is 15.9 Å². The number of hydrogen-bond acceptors (Lipinski definition) is 6. The van der Waals surface area contributed by atoms with Crippen LogP contribution in [-0.4, -0.2) is 47.2 Å². The predicted octanol–water partition coefficient (Wildman–Crippen LogP) is 3.68. The van der Waals surface area contributed by atoms with Gasteiger partial charge in [0.25, 0.3) is 0 Å². The second kappa shape index (κ2) is 7.79. The molecule has 1 fully saturated rings. The van der Waals surface area contributed by atoms with Crippen LogP contribution in [0.1, 0.15) is 21.8 Å². The van der Waals surface area contributed by atoms with E-state index in [-0.39, 0.29) is 10.7 Å². The van der Waals surface area contributed by atoms with Gasteiger partial charge in [-0.3, -0.25) is 19.9 Å². The van der Waals surface area contributed by atoms with Crippen molar-refractivity contribution in [3.8, 4) is 5.75 Å². The Kier molecular flexibility index (Phi) is 5.19. The molecule has 2 aliphatic heterocycles. The van der Waals surface area contributed by atoms with Gasteiger partial charge in [0.15, 0.2) is 5.78 Å². The fourth-order valence-corrected chi connectivity index (χ4v) is 4.33. The summed E-state index contributed by atoms with van der Waals surface area (Å²) in [5, 5.41) is 18.0. The highest BCUT2D eigenvalue weighted by Crippen LogP contribution is 2.42. The summed E-state index contributed by atoms with van der Waals surface area (Å²) >= 11 is 3.40. The van der Waals surface area contributed by atoms with Gasteiger partial charge in [-0.2, -0.15) is 5.10 Å². The SMILES string of the molecule is COc1ccc(C(=O)[C@@H]2[C@H](c3ccc(Br)cc3)[C@H]([N+](=O)[O-])[C@@H]3C=CC=NN23)cc1. The lowest BCUT2D eigenvalue weighted by molar-refractivity contribution is -0.525. The van der Waals surface area contributed by atoms with Crippen LogP contribution in [-0.2, 0) is 0 Å². The molecule has 148 valence electrons. The molecule has 0 radical (unpaired) electrons. The van der Waals surface area contributed by atoms with Crippen molar-refractivity contribution in [1.29, 1.82) is 0 Å². The highest BCUT2D eigenvalue weighted by Gasteiger charge is 2.58. The Hall–Kier alpha value is -3.00. The Morgan fingerprint density at radius 1 is 1.17 bits per heavy atom. The Morgan fingerprint density at radius 2 is 1.86 bits per heavy atom. The fourth-order valence-electron chi connectivity index (χ4n) is 4.07. The summed E-state index contributed by atoms with van der Waals surface area (Å²) in [5.74, 6) is -0.211. The monoisotopic (exact) mass is 455 g/mol. The number of allylic oxidation sites excluding steroid dienone is 1. The number of ketones is 1. The van der Waals surface area contributed by atoms with E-state index in [0.717, 1.165) is 10.0 Å². The number of fused-ring (bicyclic) bond motifs is 1. The zero-order chi connectivity index (χ0) is 20.5. The van der Waals surface area contributed by atoms with Gasteiger partial charge >= 0.3 is 0 Å². The van der Waals surface area contributed by atoms with E-state index in [1.165, 1.54) is 0 Å². The lowest BCUT2D eigenvalue weighted by Gasteiger charge is -2.27. The minimum Gasteiger partial charge on any atom is -0.497 e. The number of hydrazone groups is 1. The standard InChI is InChI=1S/C21H18BrN3O4/c1-29-16-10-6-14(7-11-16)21(26)20-18(13-4-8-15(22)9-5-13)19(25(27)28)17-3-2-12-23-24(17)20/h2-12,17-20H,1H3/t17-,18+,19+,20-/m0/s1. The van der Waals surface area contributed by atoms with Crippen molar-refractivity contribution in [3.05, 3.63) is 86.4 Å². The van der Waals surface area contributed by atoms with E-state index in [1.54, 1.807) is 54.8 Å². The van der Waals surface area contributed by atoms with E-state index in [4.69, 9.17) is 4.74 Å². The Bertz CT molecular complexity index is 988. The second-order valence-corrected chi connectivity index (χ2v) is 7.83. The first-order valence-electron chi connectivity index (χ1n) is 9.07. The van der Waals surface area contributed by atoms with Gasteiger partial charge in [0, 0.05) is 21.2 Å². The van der Waals surface area contributed by atoms with E-state index in [9.17, 15) is 14.9 Å². The van der Waals surface area contributed by atoms with E-state index >= 15 is 0 Å². The normalized spacial score (nSPS) is 25.0. The van der Waals surface area contributed by atoms with Crippen LogP contribution in [0.15, 0.2) is 70.3 Å². The molecule has 8 heteroatoms. The van der Waals surface area contributed by atoms with Crippen molar-refractivity contribution in [1.82, 2.24) is 5.01 Å². The minimum absolute atomic E-state index is 0.206. The quantitative estimate of drug-likeness (QED) is 0.390. The third kappa shape index (κ3) is 3.44. The number of hydrogen-bond donors (Lipinski definition) is 0. The molecule has 0 aliphatic carbocycles. The summed E-state index contributed by atoms with van der Waals surface area (Å²) in [6.45, 7) is 0. The van der Waals surface area contributed by atoms with E-state index in [1.807, 2.05) is 24.3 Å². The van der Waals surface area contributed by atoms with Crippen molar-refractivity contribution >= 4 is 27.9 Å². The molecule has 2 heterocycles. The topological polar surface area (TPSA) is 85.0 Å². The first-order valence-corrected chi connectivity index (χ1v) is 9.87. The second-order valence-electron chi connectivity index (χ2n) is 6.91. The molecule has 0 aromatic heterocycles. The van der Waals surface area contributed by atoms with Gasteiger partial charge in [0.05, 0.1) is 13.0 Å². The maximum absolute atomic E-state index is 13.5. The lowest BCUT2D eigenvalue weighted by Crippen LogP contribution is -2.40. The number of methoxy groups -OCH3 is 1. The van der Waals surface area contributed by atoms with Crippen LogP contribution in [0.3, 0.4) is 0 Å². The fraction of sp³-hybridized carbons (Fsp3) is 0.238. The summed E-state index contributed by atoms with van der Waals surface area (Å²) in [7, 11) is 1.55. The molecule has 0 N–H and O–H groups in total. The van der Waals surface area contributed by atoms with Gasteiger partial charge in [-0.05, 0) is 48.0 Å². The smallest absolute Gasteiger partial charge is 0.247 e. The number of carbonyl (C=O) groups excluding carboxylic acids is 1. The van der Waals surface area contributed by atoms with Crippen LogP contribution in [0.2, 0.25) is 0 Å². The minimum atomic E-state index is -0.989. The Labute approximate surface area is 175 Å². The van der Waals surface area contributed by atoms with Gasteiger partial charge in [-0.15, -0.1) is 0 Å². The Balaban J connectivity index is 1.81. The molecular formula is C21H18BrN3O4. The van der Waals surface area contributed by atoms with Crippen molar-refractivity contribution in [3.63, 3.8) is 0 Å². The van der Waals surface area contributed by atoms with Crippen LogP contribution < -0.4 is 4.74 Å². The molecule has 1 saturated heterocycles. The summed E-state index contributed by atoms with van der Waals surface area (Å²) in [4.78, 5) is 25.3. The predicted molar refractivity (Wildman–Crippen MR) is 112 cm³/mol. The molecule has 0 unspecified atom stereocenters. The van der Waals surface area contributed by atoms with E-state index < -0.39 is 24.0 Å². The molecule has 29 heavy (non-hydrogen) atoms. The molecule has 2 aliphatic rings. The third-order valence-corrected chi connectivity index (χ3v) is 5.91. The highest BCUT2D eigenvalue weighted by molar-refractivity contribution is 9.10. The van der Waals surface area contributed by atoms with Crippen LogP contribution in [0.25, 0.3) is 0 Å². The summed E-state index contributed by atoms with van der Waals surface area (Å²) in [5.41, 5.74) is 1.20. The number of rotatable bonds is 5. The molecule has 2 aromatic rings. The third-order valence-electron chi connectivity index (χ3n) is 5.38. The first kappa shape index (κ1) is 19.3. The van der Waals surface area contributed by atoms with Crippen LogP contribution in [0, 0.1) is 10.1 Å². The molecule has 0 saturated carbocycles. The number of carbonyl (C=O) groups is 1. The van der Waals surface area contributed by atoms with Crippen LogP contribution in [0.4, 0.5) is 0 Å². The van der Waals surface area contributed by atoms with Gasteiger partial charge in [-0.1, -0.05) is 34.1 Å². The number of nitro groups is 1. The average molecular weight is 456 g/mol. The number of nitrogens with zero attached hydrogens (tertiary/aromatic N) is 3. The van der Waals surface area contributed by atoms with Gasteiger partial charge in [0.2, 0.25) is 6.04 Å². The zero-order valence-electron chi connectivity index (χ0n) is 15.5. The molecule has 0 bridgehead atoms. The molecule has 4 atom stereocenters. The highest BCUT2D eigenvalue weighted by atomic mass is 79.9. The van der Waals surface area contributed by atoms with Gasteiger partial charge < -0.3 is 4.74 Å². The molecular weight excluding hydrogens is 438 g/mol.